The van der Waals surface area contributed by atoms with Crippen molar-refractivity contribution in [2.75, 3.05) is 14.1 Å². The Morgan fingerprint density at radius 2 is 1.74 bits per heavy atom. The van der Waals surface area contributed by atoms with Crippen molar-refractivity contribution in [1.82, 2.24) is 4.90 Å². The van der Waals surface area contributed by atoms with E-state index in [1.807, 2.05) is 13.8 Å². The third-order valence-electron chi connectivity index (χ3n) is 2.07. The van der Waals surface area contributed by atoms with Crippen molar-refractivity contribution in [3.8, 4) is 0 Å². The van der Waals surface area contributed by atoms with E-state index >= 15 is 0 Å². The third kappa shape index (κ3) is 5.74. The molecule has 108 valence electrons. The van der Waals surface area contributed by atoms with Crippen LogP contribution in [-0.2, 0) is 12.7 Å². The topological polar surface area (TPSA) is 40.5 Å². The third-order valence-corrected chi connectivity index (χ3v) is 2.07. The Morgan fingerprint density at radius 1 is 1.21 bits per heavy atom. The molecule has 0 saturated heterocycles. The van der Waals surface area contributed by atoms with Gasteiger partial charge in [-0.1, -0.05) is 13.8 Å². The molecule has 0 saturated carbocycles. The van der Waals surface area contributed by atoms with Crippen LogP contribution in [0.25, 0.3) is 0 Å². The molecule has 0 amide bonds. The van der Waals surface area contributed by atoms with Gasteiger partial charge >= 0.3 is 12.1 Å². The minimum Gasteiger partial charge on any atom is -0.478 e. The van der Waals surface area contributed by atoms with Crippen molar-refractivity contribution in [2.24, 2.45) is 0 Å². The summed E-state index contributed by atoms with van der Waals surface area (Å²) < 4.78 is 37.6. The molecule has 0 radical (unpaired) electrons. The van der Waals surface area contributed by atoms with E-state index < -0.39 is 17.7 Å². The first-order chi connectivity index (χ1) is 8.70. The first-order valence-corrected chi connectivity index (χ1v) is 5.79. The van der Waals surface area contributed by atoms with Crippen molar-refractivity contribution >= 4 is 5.97 Å². The summed E-state index contributed by atoms with van der Waals surface area (Å²) in [4.78, 5) is 12.4. The molecule has 1 aromatic rings. The summed E-state index contributed by atoms with van der Waals surface area (Å²) in [5.74, 6) is -1.36. The van der Waals surface area contributed by atoms with Crippen LogP contribution >= 0.6 is 0 Å². The number of hydrogen-bond acceptors (Lipinski definition) is 2. The zero-order chi connectivity index (χ0) is 15.2. The van der Waals surface area contributed by atoms with Crippen LogP contribution in [0.3, 0.4) is 0 Å². The Labute approximate surface area is 110 Å². The fourth-order valence-electron chi connectivity index (χ4n) is 1.44. The molecule has 1 aromatic carbocycles. The molecular formula is C13H18F3NO2. The van der Waals surface area contributed by atoms with Crippen LogP contribution in [0.4, 0.5) is 13.2 Å². The van der Waals surface area contributed by atoms with Gasteiger partial charge in [-0.2, -0.15) is 13.2 Å². The number of alkyl halides is 3. The average molecular weight is 277 g/mol. The number of carboxylic acid groups (broad SMARTS) is 1. The van der Waals surface area contributed by atoms with Crippen molar-refractivity contribution in [3.63, 3.8) is 0 Å². The SMILES string of the molecule is CC.CN(C)Cc1cc(C(=O)O)cc(C(F)(F)F)c1. The van der Waals surface area contributed by atoms with E-state index in [-0.39, 0.29) is 12.1 Å². The summed E-state index contributed by atoms with van der Waals surface area (Å²) in [6.45, 7) is 4.25. The smallest absolute Gasteiger partial charge is 0.416 e. The monoisotopic (exact) mass is 277 g/mol. The normalized spacial score (nSPS) is 10.9. The maximum absolute atomic E-state index is 12.5. The van der Waals surface area contributed by atoms with Crippen molar-refractivity contribution in [2.45, 2.75) is 26.6 Å². The van der Waals surface area contributed by atoms with E-state index in [2.05, 4.69) is 0 Å². The molecule has 3 nitrogen and oxygen atoms in total. The average Bonchev–Trinajstić information content (AvgIpc) is 2.29. The molecule has 0 aliphatic rings. The van der Waals surface area contributed by atoms with Gasteiger partial charge in [-0.3, -0.25) is 0 Å². The molecule has 0 aromatic heterocycles. The predicted molar refractivity (Wildman–Crippen MR) is 67.1 cm³/mol. The highest BCUT2D eigenvalue weighted by molar-refractivity contribution is 5.88. The zero-order valence-electron chi connectivity index (χ0n) is 11.4. The summed E-state index contributed by atoms with van der Waals surface area (Å²) in [6.07, 6.45) is -4.54. The van der Waals surface area contributed by atoms with Gasteiger partial charge in [-0.05, 0) is 37.9 Å². The summed E-state index contributed by atoms with van der Waals surface area (Å²) >= 11 is 0. The van der Waals surface area contributed by atoms with E-state index in [0.29, 0.717) is 11.6 Å². The second-order valence-electron chi connectivity index (χ2n) is 3.96. The first-order valence-electron chi connectivity index (χ1n) is 5.79. The van der Waals surface area contributed by atoms with Gasteiger partial charge in [0, 0.05) is 6.54 Å². The van der Waals surface area contributed by atoms with Gasteiger partial charge in [0.05, 0.1) is 11.1 Å². The number of halogens is 3. The molecule has 1 N–H and O–H groups in total. The van der Waals surface area contributed by atoms with Gasteiger partial charge < -0.3 is 10.0 Å². The molecule has 19 heavy (non-hydrogen) atoms. The Balaban J connectivity index is 0.00000154. The molecule has 1 rings (SSSR count). The largest absolute Gasteiger partial charge is 0.478 e. The van der Waals surface area contributed by atoms with Crippen molar-refractivity contribution in [3.05, 3.63) is 34.9 Å². The summed E-state index contributed by atoms with van der Waals surface area (Å²) in [5.41, 5.74) is -0.965. The maximum Gasteiger partial charge on any atom is 0.416 e. The van der Waals surface area contributed by atoms with E-state index in [9.17, 15) is 18.0 Å². The maximum atomic E-state index is 12.5. The number of hydrogen-bond donors (Lipinski definition) is 1. The molecule has 0 aliphatic heterocycles. The molecule has 6 heteroatoms. The van der Waals surface area contributed by atoms with Gasteiger partial charge in [0.15, 0.2) is 0 Å². The van der Waals surface area contributed by atoms with E-state index in [1.165, 1.54) is 6.07 Å². The molecule has 0 bridgehead atoms. The molecule has 0 heterocycles. The molecule has 0 aliphatic carbocycles. The predicted octanol–water partition coefficient (Wildman–Crippen LogP) is 3.49. The lowest BCUT2D eigenvalue weighted by Crippen LogP contribution is -2.14. The fourth-order valence-corrected chi connectivity index (χ4v) is 1.44. The van der Waals surface area contributed by atoms with E-state index in [1.54, 1.807) is 19.0 Å². The number of benzene rings is 1. The van der Waals surface area contributed by atoms with Crippen LogP contribution in [0.2, 0.25) is 0 Å². The van der Waals surface area contributed by atoms with Gasteiger partial charge in [0.2, 0.25) is 0 Å². The number of carbonyl (C=O) groups is 1. The Kier molecular flexibility index (Phi) is 6.55. The van der Waals surface area contributed by atoms with Crippen LogP contribution in [-0.4, -0.2) is 30.1 Å². The lowest BCUT2D eigenvalue weighted by atomic mass is 10.0. The van der Waals surface area contributed by atoms with Crippen LogP contribution in [0, 0.1) is 0 Å². The van der Waals surface area contributed by atoms with Gasteiger partial charge in [0.25, 0.3) is 0 Å². The summed E-state index contributed by atoms with van der Waals surface area (Å²) in [6, 6.07) is 2.85. The Bertz CT molecular complexity index is 428. The van der Waals surface area contributed by atoms with E-state index in [0.717, 1.165) is 6.07 Å². The molecule has 0 atom stereocenters. The lowest BCUT2D eigenvalue weighted by Gasteiger charge is -2.13. The van der Waals surface area contributed by atoms with Gasteiger partial charge in [-0.15, -0.1) is 0 Å². The quantitative estimate of drug-likeness (QED) is 0.919. The van der Waals surface area contributed by atoms with E-state index in [4.69, 9.17) is 5.11 Å². The van der Waals surface area contributed by atoms with Gasteiger partial charge in [0.1, 0.15) is 0 Å². The highest BCUT2D eigenvalue weighted by Crippen LogP contribution is 2.30. The second-order valence-corrected chi connectivity index (χ2v) is 3.96. The summed E-state index contributed by atoms with van der Waals surface area (Å²) in [5, 5.41) is 8.75. The number of nitrogens with zero attached hydrogens (tertiary/aromatic N) is 1. The minimum atomic E-state index is -4.54. The molecule has 0 fully saturated rings. The lowest BCUT2D eigenvalue weighted by molar-refractivity contribution is -0.137. The number of aromatic carboxylic acids is 1. The van der Waals surface area contributed by atoms with Crippen LogP contribution in [0.15, 0.2) is 18.2 Å². The van der Waals surface area contributed by atoms with Crippen molar-refractivity contribution in [1.29, 1.82) is 0 Å². The molecular weight excluding hydrogens is 259 g/mol. The summed E-state index contributed by atoms with van der Waals surface area (Å²) in [7, 11) is 3.39. The molecule has 0 unspecified atom stereocenters. The molecule has 0 spiro atoms. The highest BCUT2D eigenvalue weighted by Gasteiger charge is 2.31. The number of rotatable bonds is 3. The minimum absolute atomic E-state index is 0.254. The van der Waals surface area contributed by atoms with Crippen LogP contribution in [0.1, 0.15) is 35.3 Å². The van der Waals surface area contributed by atoms with Crippen LogP contribution in [0.5, 0.6) is 0 Å². The second kappa shape index (κ2) is 7.13. The fraction of sp³-hybridized carbons (Fsp3) is 0.462. The highest BCUT2D eigenvalue weighted by atomic mass is 19.4. The first kappa shape index (κ1) is 17.4. The van der Waals surface area contributed by atoms with Crippen molar-refractivity contribution < 1.29 is 23.1 Å². The Morgan fingerprint density at radius 3 is 2.11 bits per heavy atom. The Hall–Kier alpha value is -1.56. The standard InChI is InChI=1S/C11H12F3NO2.C2H6/c1-15(2)6-7-3-8(10(16)17)5-9(4-7)11(12,13)14;1-2/h3-5H,6H2,1-2H3,(H,16,17);1-2H3. The van der Waals surface area contributed by atoms with Crippen LogP contribution < -0.4 is 0 Å². The van der Waals surface area contributed by atoms with Gasteiger partial charge in [-0.25, -0.2) is 4.79 Å². The zero-order valence-corrected chi connectivity index (χ0v) is 11.4. The number of carboxylic acids is 1.